The van der Waals surface area contributed by atoms with Gasteiger partial charge in [0, 0.05) is 18.3 Å². The summed E-state index contributed by atoms with van der Waals surface area (Å²) in [6.07, 6.45) is 5.63. The van der Waals surface area contributed by atoms with Crippen LogP contribution in [0.4, 0.5) is 0 Å². The number of aliphatic carboxylic acids is 2. The number of hydrogen-bond donors (Lipinski definition) is 8. The summed E-state index contributed by atoms with van der Waals surface area (Å²) in [4.78, 5) is 67.5. The number of nitrogens with zero attached hydrogens (tertiary/aromatic N) is 1. The molecule has 0 aliphatic rings. The molecule has 0 aliphatic carbocycles. The molecular weight excluding hydrogens is 494 g/mol. The van der Waals surface area contributed by atoms with Crippen LogP contribution in [0.1, 0.15) is 37.8 Å². The van der Waals surface area contributed by atoms with Gasteiger partial charge in [0.05, 0.1) is 18.8 Å². The number of rotatable bonds is 18. The van der Waals surface area contributed by atoms with E-state index in [0.717, 1.165) is 0 Å². The lowest BCUT2D eigenvalue weighted by Crippen LogP contribution is -2.57. The molecule has 0 aliphatic heterocycles. The monoisotopic (exact) mass is 529 g/mol. The number of nitrogens with two attached hydrogens (primary N) is 2. The molecular formula is C21H35N7O7S. The van der Waals surface area contributed by atoms with E-state index >= 15 is 0 Å². The molecule has 10 N–H and O–H groups in total. The number of carbonyl (C=O) groups excluding carboxylic acids is 3. The summed E-state index contributed by atoms with van der Waals surface area (Å²) in [6, 6.07) is -4.79. The second-order valence-corrected chi connectivity index (χ2v) is 9.06. The highest BCUT2D eigenvalue weighted by Gasteiger charge is 2.31. The van der Waals surface area contributed by atoms with E-state index in [9.17, 15) is 29.1 Å². The molecule has 4 atom stereocenters. The maximum Gasteiger partial charge on any atom is 0.326 e. The SMILES string of the molecule is CSCCC(NC(=O)C(CCCCN)NC(=O)C(N)Cc1cnc[nH]1)C(=O)NC(CC(=O)O)C(=O)O. The molecule has 1 aromatic heterocycles. The Morgan fingerprint density at radius 2 is 1.61 bits per heavy atom. The molecule has 0 radical (unpaired) electrons. The zero-order valence-electron chi connectivity index (χ0n) is 20.1. The zero-order valence-corrected chi connectivity index (χ0v) is 20.9. The van der Waals surface area contributed by atoms with Crippen molar-refractivity contribution < 1.29 is 34.2 Å². The molecule has 1 aromatic rings. The number of amides is 3. The summed E-state index contributed by atoms with van der Waals surface area (Å²) >= 11 is 1.40. The lowest BCUT2D eigenvalue weighted by atomic mass is 10.1. The van der Waals surface area contributed by atoms with Crippen LogP contribution in [-0.2, 0) is 30.4 Å². The second-order valence-electron chi connectivity index (χ2n) is 8.07. The van der Waals surface area contributed by atoms with Crippen molar-refractivity contribution in [1.29, 1.82) is 0 Å². The zero-order chi connectivity index (χ0) is 27.1. The molecule has 0 saturated heterocycles. The number of carboxylic acids is 2. The Morgan fingerprint density at radius 3 is 2.14 bits per heavy atom. The smallest absolute Gasteiger partial charge is 0.326 e. The Bertz CT molecular complexity index is 869. The van der Waals surface area contributed by atoms with Crippen molar-refractivity contribution in [3.05, 3.63) is 18.2 Å². The van der Waals surface area contributed by atoms with Gasteiger partial charge in [-0.25, -0.2) is 9.78 Å². The fourth-order valence-corrected chi connectivity index (χ4v) is 3.66. The second kappa shape index (κ2) is 16.5. The average Bonchev–Trinajstić information content (AvgIpc) is 3.33. The summed E-state index contributed by atoms with van der Waals surface area (Å²) < 4.78 is 0. The molecule has 1 heterocycles. The Morgan fingerprint density at radius 1 is 1.00 bits per heavy atom. The van der Waals surface area contributed by atoms with Crippen LogP contribution in [-0.4, -0.2) is 92.6 Å². The Hall–Kier alpha value is -3.17. The van der Waals surface area contributed by atoms with Crippen LogP contribution in [0.3, 0.4) is 0 Å². The predicted octanol–water partition coefficient (Wildman–Crippen LogP) is -1.82. The predicted molar refractivity (Wildman–Crippen MR) is 132 cm³/mol. The third-order valence-corrected chi connectivity index (χ3v) is 5.79. The number of hydrogen-bond acceptors (Lipinski definition) is 9. The molecule has 0 spiro atoms. The van der Waals surface area contributed by atoms with Gasteiger partial charge in [0.15, 0.2) is 0 Å². The van der Waals surface area contributed by atoms with E-state index in [2.05, 4.69) is 25.9 Å². The number of aromatic amines is 1. The number of carbonyl (C=O) groups is 5. The minimum Gasteiger partial charge on any atom is -0.481 e. The maximum atomic E-state index is 13.1. The summed E-state index contributed by atoms with van der Waals surface area (Å²) in [7, 11) is 0. The molecule has 14 nitrogen and oxygen atoms in total. The Balaban J connectivity index is 2.93. The van der Waals surface area contributed by atoms with Crippen LogP contribution in [0, 0.1) is 0 Å². The molecule has 36 heavy (non-hydrogen) atoms. The van der Waals surface area contributed by atoms with Crippen molar-refractivity contribution in [1.82, 2.24) is 25.9 Å². The normalized spacial score (nSPS) is 14.2. The number of aromatic nitrogens is 2. The van der Waals surface area contributed by atoms with Crippen molar-refractivity contribution in [3.63, 3.8) is 0 Å². The van der Waals surface area contributed by atoms with Gasteiger partial charge in [-0.15, -0.1) is 0 Å². The van der Waals surface area contributed by atoms with Crippen molar-refractivity contribution >= 4 is 41.4 Å². The molecule has 0 aromatic carbocycles. The first-order valence-corrected chi connectivity index (χ1v) is 12.8. The minimum absolute atomic E-state index is 0.154. The molecule has 1 rings (SSSR count). The Labute approximate surface area is 212 Å². The van der Waals surface area contributed by atoms with Gasteiger partial charge in [-0.2, -0.15) is 11.8 Å². The highest BCUT2D eigenvalue weighted by atomic mass is 32.2. The summed E-state index contributed by atoms with van der Waals surface area (Å²) in [5, 5.41) is 25.5. The van der Waals surface area contributed by atoms with E-state index in [4.69, 9.17) is 16.6 Å². The topological polar surface area (TPSA) is 243 Å². The van der Waals surface area contributed by atoms with Crippen molar-refractivity contribution in [2.45, 2.75) is 62.7 Å². The third kappa shape index (κ3) is 11.5. The quantitative estimate of drug-likeness (QED) is 0.0983. The fraction of sp³-hybridized carbons (Fsp3) is 0.619. The third-order valence-electron chi connectivity index (χ3n) is 5.15. The van der Waals surface area contributed by atoms with E-state index in [1.807, 2.05) is 0 Å². The highest BCUT2D eigenvalue weighted by Crippen LogP contribution is 2.07. The van der Waals surface area contributed by atoms with Gasteiger partial charge in [-0.05, 0) is 44.2 Å². The van der Waals surface area contributed by atoms with Crippen LogP contribution in [0.5, 0.6) is 0 Å². The molecule has 0 bridgehead atoms. The number of imidazole rings is 1. The molecule has 0 fully saturated rings. The molecule has 4 unspecified atom stereocenters. The van der Waals surface area contributed by atoms with E-state index in [1.165, 1.54) is 24.3 Å². The number of unbranched alkanes of at least 4 members (excludes halogenated alkanes) is 1. The van der Waals surface area contributed by atoms with Crippen molar-refractivity contribution in [2.75, 3.05) is 18.6 Å². The van der Waals surface area contributed by atoms with Gasteiger partial charge in [0.25, 0.3) is 0 Å². The van der Waals surface area contributed by atoms with Gasteiger partial charge in [-0.1, -0.05) is 0 Å². The number of thioether (sulfide) groups is 1. The number of H-pyrrole nitrogens is 1. The van der Waals surface area contributed by atoms with Crippen LogP contribution in [0.25, 0.3) is 0 Å². The number of carboxylic acid groups (broad SMARTS) is 2. The molecule has 3 amide bonds. The highest BCUT2D eigenvalue weighted by molar-refractivity contribution is 7.98. The van der Waals surface area contributed by atoms with Crippen LogP contribution >= 0.6 is 11.8 Å². The van der Waals surface area contributed by atoms with Gasteiger partial charge in [-0.3, -0.25) is 19.2 Å². The van der Waals surface area contributed by atoms with E-state index < -0.39 is 60.2 Å². The van der Waals surface area contributed by atoms with Crippen LogP contribution in [0.2, 0.25) is 0 Å². The van der Waals surface area contributed by atoms with Crippen LogP contribution in [0.15, 0.2) is 12.5 Å². The van der Waals surface area contributed by atoms with Gasteiger partial charge in [0.1, 0.15) is 18.1 Å². The molecule has 15 heteroatoms. The summed E-state index contributed by atoms with van der Waals surface area (Å²) in [5.74, 6) is -4.53. The first kappa shape index (κ1) is 30.9. The summed E-state index contributed by atoms with van der Waals surface area (Å²) in [5.41, 5.74) is 12.1. The molecule has 0 saturated carbocycles. The standard InChI is InChI=1S/C21H35N7O7S/c1-36-7-5-15(20(33)28-16(21(34)35)9-17(29)30)27-19(32)14(4-2-3-6-22)26-18(31)13(23)8-12-10-24-11-25-12/h10-11,13-16H,2-9,22-23H2,1H3,(H,24,25)(H,26,31)(H,27,32)(H,28,33)(H,29,30)(H,34,35). The van der Waals surface area contributed by atoms with E-state index in [-0.39, 0.29) is 19.3 Å². The summed E-state index contributed by atoms with van der Waals surface area (Å²) in [6.45, 7) is 0.389. The van der Waals surface area contributed by atoms with Gasteiger partial charge in [0.2, 0.25) is 17.7 Å². The molecule has 202 valence electrons. The number of nitrogens with one attached hydrogen (secondary N) is 4. The van der Waals surface area contributed by atoms with Gasteiger partial charge >= 0.3 is 11.9 Å². The first-order valence-electron chi connectivity index (χ1n) is 11.4. The van der Waals surface area contributed by atoms with E-state index in [0.29, 0.717) is 30.8 Å². The maximum absolute atomic E-state index is 13.1. The first-order chi connectivity index (χ1) is 17.1. The van der Waals surface area contributed by atoms with Crippen molar-refractivity contribution in [2.24, 2.45) is 11.5 Å². The fourth-order valence-electron chi connectivity index (χ4n) is 3.19. The van der Waals surface area contributed by atoms with Crippen LogP contribution < -0.4 is 27.4 Å². The van der Waals surface area contributed by atoms with Crippen molar-refractivity contribution in [3.8, 4) is 0 Å². The van der Waals surface area contributed by atoms with E-state index in [1.54, 1.807) is 6.26 Å². The lowest BCUT2D eigenvalue weighted by Gasteiger charge is -2.25. The largest absolute Gasteiger partial charge is 0.481 e. The Kier molecular flexibility index (Phi) is 14.1. The average molecular weight is 530 g/mol. The lowest BCUT2D eigenvalue weighted by molar-refractivity contribution is -0.147. The minimum atomic E-state index is -1.66. The van der Waals surface area contributed by atoms with Gasteiger partial charge < -0.3 is 42.6 Å².